The molecule has 1 amide bonds. The highest BCUT2D eigenvalue weighted by molar-refractivity contribution is 6.12. The molecule has 0 fully saturated rings. The second-order valence-electron chi connectivity index (χ2n) is 4.79. The van der Waals surface area contributed by atoms with Crippen molar-refractivity contribution < 1.29 is 19.5 Å². The van der Waals surface area contributed by atoms with Gasteiger partial charge in [0.2, 0.25) is 5.91 Å². The number of benzene rings is 2. The number of hydrogen-bond donors (Lipinski definition) is 2. The molecular weight excluding hydrogens is 282 g/mol. The van der Waals surface area contributed by atoms with E-state index in [2.05, 4.69) is 5.32 Å². The van der Waals surface area contributed by atoms with E-state index < -0.39 is 17.8 Å². The number of carboxylic acids is 1. The molecule has 0 aliphatic carbocycles. The highest BCUT2D eigenvalue weighted by atomic mass is 16.4. The molecule has 5 nitrogen and oxygen atoms in total. The number of nitrogens with one attached hydrogen (secondary N) is 1. The Labute approximate surface area is 127 Å². The van der Waals surface area contributed by atoms with E-state index in [0.717, 1.165) is 0 Å². The van der Waals surface area contributed by atoms with Crippen molar-refractivity contribution in [2.75, 3.05) is 5.32 Å². The molecule has 2 aromatic carbocycles. The van der Waals surface area contributed by atoms with Gasteiger partial charge in [-0.2, -0.15) is 0 Å². The zero-order chi connectivity index (χ0) is 16.1. The third-order valence-electron chi connectivity index (χ3n) is 3.22. The minimum absolute atomic E-state index is 0.0220. The van der Waals surface area contributed by atoms with E-state index >= 15 is 0 Å². The highest BCUT2D eigenvalue weighted by Gasteiger charge is 2.26. The van der Waals surface area contributed by atoms with Crippen molar-refractivity contribution >= 4 is 23.3 Å². The predicted octanol–water partition coefficient (Wildman–Crippen LogP) is 2.70. The lowest BCUT2D eigenvalue weighted by Gasteiger charge is -2.15. The topological polar surface area (TPSA) is 83.5 Å². The molecule has 2 aromatic rings. The third kappa shape index (κ3) is 3.38. The van der Waals surface area contributed by atoms with Crippen molar-refractivity contribution in [3.05, 3.63) is 65.7 Å². The second-order valence-corrected chi connectivity index (χ2v) is 4.79. The molecule has 0 heterocycles. The fourth-order valence-electron chi connectivity index (χ4n) is 2.20. The summed E-state index contributed by atoms with van der Waals surface area (Å²) in [6.07, 6.45) is 0. The summed E-state index contributed by atoms with van der Waals surface area (Å²) in [5, 5.41) is 11.7. The number of hydrogen-bond acceptors (Lipinski definition) is 3. The van der Waals surface area contributed by atoms with E-state index in [1.807, 2.05) is 0 Å². The summed E-state index contributed by atoms with van der Waals surface area (Å²) in [5.74, 6) is -2.97. The zero-order valence-corrected chi connectivity index (χ0v) is 11.9. The molecule has 0 spiro atoms. The summed E-state index contributed by atoms with van der Waals surface area (Å²) in [6, 6.07) is 14.7. The van der Waals surface area contributed by atoms with Crippen molar-refractivity contribution in [1.29, 1.82) is 0 Å². The van der Waals surface area contributed by atoms with Crippen molar-refractivity contribution in [1.82, 2.24) is 0 Å². The SMILES string of the molecule is CC(=O)C(C(=O)Nc1ccccc1C(=O)O)c1ccccc1. The Kier molecular flexibility index (Phi) is 4.68. The number of ketones is 1. The number of para-hydroxylation sites is 1. The van der Waals surface area contributed by atoms with Gasteiger partial charge in [0.05, 0.1) is 11.3 Å². The first kappa shape index (κ1) is 15.4. The number of anilines is 1. The van der Waals surface area contributed by atoms with Crippen LogP contribution in [0.1, 0.15) is 28.8 Å². The fraction of sp³-hybridized carbons (Fsp3) is 0.118. The Balaban J connectivity index is 2.31. The number of Topliss-reactive ketones (excluding diaryl/α,β-unsaturated/α-hetero) is 1. The normalized spacial score (nSPS) is 11.5. The Bertz CT molecular complexity index is 710. The lowest BCUT2D eigenvalue weighted by Crippen LogP contribution is -2.27. The molecule has 1 unspecified atom stereocenters. The molecule has 5 heteroatoms. The van der Waals surface area contributed by atoms with Crippen molar-refractivity contribution in [3.63, 3.8) is 0 Å². The van der Waals surface area contributed by atoms with Gasteiger partial charge in [-0.05, 0) is 24.6 Å². The van der Waals surface area contributed by atoms with Gasteiger partial charge < -0.3 is 10.4 Å². The largest absolute Gasteiger partial charge is 0.478 e. The number of amides is 1. The molecular formula is C17H15NO4. The molecule has 2 N–H and O–H groups in total. The Morgan fingerprint density at radius 1 is 0.955 bits per heavy atom. The maximum Gasteiger partial charge on any atom is 0.337 e. The van der Waals surface area contributed by atoms with Crippen LogP contribution in [0.5, 0.6) is 0 Å². The lowest BCUT2D eigenvalue weighted by molar-refractivity contribution is -0.126. The number of aromatic carboxylic acids is 1. The molecule has 22 heavy (non-hydrogen) atoms. The molecule has 0 bridgehead atoms. The summed E-state index contributed by atoms with van der Waals surface area (Å²) >= 11 is 0. The van der Waals surface area contributed by atoms with E-state index in [4.69, 9.17) is 5.11 Å². The van der Waals surface area contributed by atoms with Crippen molar-refractivity contribution in [2.45, 2.75) is 12.8 Å². The number of carboxylic acid groups (broad SMARTS) is 1. The lowest BCUT2D eigenvalue weighted by atomic mass is 9.94. The van der Waals surface area contributed by atoms with Crippen LogP contribution >= 0.6 is 0 Å². The van der Waals surface area contributed by atoms with Gasteiger partial charge in [0.1, 0.15) is 11.7 Å². The second kappa shape index (κ2) is 6.67. The molecule has 0 saturated heterocycles. The van der Waals surface area contributed by atoms with Crippen LogP contribution in [0.4, 0.5) is 5.69 Å². The van der Waals surface area contributed by atoms with Gasteiger partial charge in [-0.25, -0.2) is 4.79 Å². The summed E-state index contributed by atoms with van der Waals surface area (Å²) in [6.45, 7) is 1.33. The average molecular weight is 297 g/mol. The molecule has 0 aromatic heterocycles. The molecule has 2 rings (SSSR count). The average Bonchev–Trinajstić information content (AvgIpc) is 2.48. The Morgan fingerprint density at radius 2 is 1.55 bits per heavy atom. The van der Waals surface area contributed by atoms with Gasteiger partial charge in [-0.15, -0.1) is 0 Å². The number of rotatable bonds is 5. The summed E-state index contributed by atoms with van der Waals surface area (Å²) in [4.78, 5) is 35.4. The maximum absolute atomic E-state index is 12.4. The first-order valence-electron chi connectivity index (χ1n) is 6.69. The van der Waals surface area contributed by atoms with Crippen LogP contribution in [0, 0.1) is 0 Å². The minimum Gasteiger partial charge on any atom is -0.478 e. The molecule has 0 aliphatic rings. The van der Waals surface area contributed by atoms with Crippen LogP contribution in [0.3, 0.4) is 0 Å². The van der Waals surface area contributed by atoms with E-state index in [-0.39, 0.29) is 17.0 Å². The van der Waals surface area contributed by atoms with Crippen LogP contribution in [0.2, 0.25) is 0 Å². The molecule has 1 atom stereocenters. The van der Waals surface area contributed by atoms with Crippen LogP contribution in [0.25, 0.3) is 0 Å². The maximum atomic E-state index is 12.4. The van der Waals surface area contributed by atoms with Crippen molar-refractivity contribution in [2.24, 2.45) is 0 Å². The van der Waals surface area contributed by atoms with Gasteiger partial charge in [0, 0.05) is 0 Å². The van der Waals surface area contributed by atoms with Crippen LogP contribution in [-0.2, 0) is 9.59 Å². The van der Waals surface area contributed by atoms with Gasteiger partial charge in [0.15, 0.2) is 0 Å². The number of carbonyl (C=O) groups is 3. The predicted molar refractivity (Wildman–Crippen MR) is 81.9 cm³/mol. The third-order valence-corrected chi connectivity index (χ3v) is 3.22. The van der Waals surface area contributed by atoms with Gasteiger partial charge in [0.25, 0.3) is 0 Å². The van der Waals surface area contributed by atoms with Gasteiger partial charge in [-0.3, -0.25) is 9.59 Å². The fourth-order valence-corrected chi connectivity index (χ4v) is 2.20. The zero-order valence-electron chi connectivity index (χ0n) is 11.9. The molecule has 0 radical (unpaired) electrons. The standard InChI is InChI=1S/C17H15NO4/c1-11(19)15(12-7-3-2-4-8-12)16(20)18-14-10-6-5-9-13(14)17(21)22/h2-10,15H,1H3,(H,18,20)(H,21,22). The minimum atomic E-state index is -1.14. The Hall–Kier alpha value is -2.95. The first-order chi connectivity index (χ1) is 10.5. The van der Waals surface area contributed by atoms with E-state index in [0.29, 0.717) is 5.56 Å². The van der Waals surface area contributed by atoms with Crippen molar-refractivity contribution in [3.8, 4) is 0 Å². The monoisotopic (exact) mass is 297 g/mol. The van der Waals surface area contributed by atoms with Gasteiger partial charge in [-0.1, -0.05) is 42.5 Å². The van der Waals surface area contributed by atoms with Crippen LogP contribution in [-0.4, -0.2) is 22.8 Å². The summed E-state index contributed by atoms with van der Waals surface area (Å²) < 4.78 is 0. The summed E-state index contributed by atoms with van der Waals surface area (Å²) in [7, 11) is 0. The van der Waals surface area contributed by atoms with E-state index in [1.165, 1.54) is 19.1 Å². The van der Waals surface area contributed by atoms with E-state index in [9.17, 15) is 14.4 Å². The number of carbonyl (C=O) groups excluding carboxylic acids is 2. The molecule has 112 valence electrons. The quantitative estimate of drug-likeness (QED) is 0.831. The molecule has 0 aliphatic heterocycles. The smallest absolute Gasteiger partial charge is 0.337 e. The molecule has 0 saturated carbocycles. The van der Waals surface area contributed by atoms with E-state index in [1.54, 1.807) is 42.5 Å². The van der Waals surface area contributed by atoms with Gasteiger partial charge >= 0.3 is 5.97 Å². The van der Waals surface area contributed by atoms with Crippen LogP contribution in [0.15, 0.2) is 54.6 Å². The van der Waals surface area contributed by atoms with Crippen LogP contribution < -0.4 is 5.32 Å². The highest BCUT2D eigenvalue weighted by Crippen LogP contribution is 2.21. The Morgan fingerprint density at radius 3 is 2.14 bits per heavy atom. The summed E-state index contributed by atoms with van der Waals surface area (Å²) in [5.41, 5.74) is 0.716. The first-order valence-corrected chi connectivity index (χ1v) is 6.69.